The molecule has 0 saturated heterocycles. The van der Waals surface area contributed by atoms with E-state index in [0.717, 1.165) is 5.56 Å². The molecule has 1 atom stereocenters. The lowest BCUT2D eigenvalue weighted by Gasteiger charge is -2.15. The molecule has 3 aromatic rings. The molecule has 0 aliphatic carbocycles. The molecule has 148 valence electrons. The fraction of sp³-hybridized carbons (Fsp3) is 0.368. The Kier molecular flexibility index (Phi) is 6.11. The zero-order chi connectivity index (χ0) is 20.3. The van der Waals surface area contributed by atoms with E-state index in [0.29, 0.717) is 28.1 Å². The van der Waals surface area contributed by atoms with E-state index < -0.39 is 0 Å². The minimum Gasteiger partial charge on any atom is -0.356 e. The van der Waals surface area contributed by atoms with Gasteiger partial charge < -0.3 is 15.6 Å². The minimum absolute atomic E-state index is 0.0335. The molecule has 0 aliphatic heterocycles. The first-order valence-electron chi connectivity index (χ1n) is 8.99. The first-order valence-corrected chi connectivity index (χ1v) is 9.37. The quantitative estimate of drug-likeness (QED) is 0.628. The van der Waals surface area contributed by atoms with Gasteiger partial charge >= 0.3 is 0 Å². The summed E-state index contributed by atoms with van der Waals surface area (Å²) >= 11 is 6.17. The van der Waals surface area contributed by atoms with Gasteiger partial charge in [0.15, 0.2) is 5.76 Å². The van der Waals surface area contributed by atoms with Crippen molar-refractivity contribution in [3.8, 4) is 11.3 Å². The summed E-state index contributed by atoms with van der Waals surface area (Å²) in [5.41, 5.74) is 7.52. The number of nitrogens with one attached hydrogen (secondary N) is 1. The Morgan fingerprint density at radius 1 is 1.36 bits per heavy atom. The molecule has 0 bridgehead atoms. The number of aryl methyl sites for hydroxylation is 1. The predicted octanol–water partition coefficient (Wildman–Crippen LogP) is 2.87. The van der Waals surface area contributed by atoms with Crippen molar-refractivity contribution in [3.05, 3.63) is 52.7 Å². The number of carbonyl (C=O) groups is 1. The summed E-state index contributed by atoms with van der Waals surface area (Å²) in [6, 6.07) is 8.79. The normalized spacial score (nSPS) is 12.4. The third-order valence-electron chi connectivity index (χ3n) is 4.28. The van der Waals surface area contributed by atoms with Crippen LogP contribution in [0.2, 0.25) is 5.02 Å². The Hall–Kier alpha value is -2.71. The van der Waals surface area contributed by atoms with Crippen molar-refractivity contribution in [1.82, 2.24) is 25.2 Å². The molecule has 8 nitrogen and oxygen atoms in total. The van der Waals surface area contributed by atoms with Crippen LogP contribution >= 0.6 is 11.6 Å². The smallest absolute Gasteiger partial charge is 0.242 e. The Bertz CT molecular complexity index is 965. The van der Waals surface area contributed by atoms with Crippen molar-refractivity contribution in [2.45, 2.75) is 39.9 Å². The fourth-order valence-corrected chi connectivity index (χ4v) is 2.93. The number of aromatic nitrogens is 4. The second kappa shape index (κ2) is 8.53. The molecule has 0 fully saturated rings. The van der Waals surface area contributed by atoms with E-state index in [9.17, 15) is 4.79 Å². The highest BCUT2D eigenvalue weighted by atomic mass is 35.5. The second-order valence-electron chi connectivity index (χ2n) is 6.88. The minimum atomic E-state index is -0.289. The SMILES string of the molecule is Cc1nc([C@@H](N)C(C)C)n(CC(=O)NCc2cc(-c3ccccc3Cl)on2)n1. The Labute approximate surface area is 168 Å². The van der Waals surface area contributed by atoms with Crippen LogP contribution < -0.4 is 11.1 Å². The van der Waals surface area contributed by atoms with E-state index in [1.54, 1.807) is 23.7 Å². The molecule has 2 aromatic heterocycles. The molecule has 1 aromatic carbocycles. The summed E-state index contributed by atoms with van der Waals surface area (Å²) < 4.78 is 6.88. The number of nitrogens with two attached hydrogens (primary N) is 1. The number of amides is 1. The largest absolute Gasteiger partial charge is 0.356 e. The molecule has 28 heavy (non-hydrogen) atoms. The van der Waals surface area contributed by atoms with Crippen molar-refractivity contribution < 1.29 is 9.32 Å². The maximum Gasteiger partial charge on any atom is 0.242 e. The summed E-state index contributed by atoms with van der Waals surface area (Å²) in [6.07, 6.45) is 0. The Balaban J connectivity index is 1.62. The average molecular weight is 403 g/mol. The summed E-state index contributed by atoms with van der Waals surface area (Å²) in [7, 11) is 0. The third-order valence-corrected chi connectivity index (χ3v) is 4.61. The molecule has 1 amide bonds. The van der Waals surface area contributed by atoms with E-state index in [2.05, 4.69) is 20.6 Å². The zero-order valence-electron chi connectivity index (χ0n) is 16.0. The Morgan fingerprint density at radius 2 is 2.11 bits per heavy atom. The van der Waals surface area contributed by atoms with Gasteiger partial charge in [0.25, 0.3) is 0 Å². The van der Waals surface area contributed by atoms with Crippen LogP contribution in [0.25, 0.3) is 11.3 Å². The van der Waals surface area contributed by atoms with Crippen LogP contribution in [0, 0.1) is 12.8 Å². The molecule has 0 aliphatic rings. The number of rotatable bonds is 7. The number of halogens is 1. The summed E-state index contributed by atoms with van der Waals surface area (Å²) in [5.74, 6) is 1.70. The number of nitrogens with zero attached hydrogens (tertiary/aromatic N) is 4. The maximum absolute atomic E-state index is 12.4. The van der Waals surface area contributed by atoms with Crippen LogP contribution in [0.1, 0.15) is 37.2 Å². The highest BCUT2D eigenvalue weighted by Gasteiger charge is 2.20. The van der Waals surface area contributed by atoms with Crippen LogP contribution in [-0.4, -0.2) is 25.8 Å². The van der Waals surface area contributed by atoms with Gasteiger partial charge in [0.05, 0.1) is 17.6 Å². The zero-order valence-corrected chi connectivity index (χ0v) is 16.8. The lowest BCUT2D eigenvalue weighted by molar-refractivity contribution is -0.122. The van der Waals surface area contributed by atoms with Gasteiger partial charge in [-0.25, -0.2) is 9.67 Å². The van der Waals surface area contributed by atoms with Crippen LogP contribution in [0.4, 0.5) is 0 Å². The first kappa shape index (κ1) is 20.0. The maximum atomic E-state index is 12.4. The van der Waals surface area contributed by atoms with Crippen molar-refractivity contribution in [2.24, 2.45) is 11.7 Å². The van der Waals surface area contributed by atoms with E-state index in [4.69, 9.17) is 21.9 Å². The highest BCUT2D eigenvalue weighted by Crippen LogP contribution is 2.27. The van der Waals surface area contributed by atoms with Gasteiger partial charge in [-0.05, 0) is 25.0 Å². The topological polar surface area (TPSA) is 112 Å². The first-order chi connectivity index (χ1) is 13.3. The van der Waals surface area contributed by atoms with Crippen molar-refractivity contribution in [3.63, 3.8) is 0 Å². The molecule has 0 spiro atoms. The number of carbonyl (C=O) groups excluding carboxylic acids is 1. The molecule has 0 unspecified atom stereocenters. The molecule has 2 heterocycles. The fourth-order valence-electron chi connectivity index (χ4n) is 2.70. The number of hydrogen-bond donors (Lipinski definition) is 2. The van der Waals surface area contributed by atoms with Crippen molar-refractivity contribution in [1.29, 1.82) is 0 Å². The van der Waals surface area contributed by atoms with Gasteiger partial charge in [0, 0.05) is 11.6 Å². The number of benzene rings is 1. The van der Waals surface area contributed by atoms with E-state index >= 15 is 0 Å². The van der Waals surface area contributed by atoms with Gasteiger partial charge in [-0.2, -0.15) is 5.10 Å². The highest BCUT2D eigenvalue weighted by molar-refractivity contribution is 6.33. The summed E-state index contributed by atoms with van der Waals surface area (Å²) in [4.78, 5) is 16.7. The molecule has 3 N–H and O–H groups in total. The van der Waals surface area contributed by atoms with Crippen LogP contribution in [0.3, 0.4) is 0 Å². The molecule has 0 saturated carbocycles. The van der Waals surface area contributed by atoms with Crippen LogP contribution in [0.15, 0.2) is 34.9 Å². The average Bonchev–Trinajstić information content (AvgIpc) is 3.26. The molecule has 3 rings (SSSR count). The molecular weight excluding hydrogens is 380 g/mol. The van der Waals surface area contributed by atoms with Crippen molar-refractivity contribution >= 4 is 17.5 Å². The van der Waals surface area contributed by atoms with Gasteiger partial charge in [-0.3, -0.25) is 4.79 Å². The standard InChI is InChI=1S/C19H23ClN6O2/c1-11(2)18(21)19-23-12(3)24-26(19)10-17(27)22-9-13-8-16(28-25-13)14-6-4-5-7-15(14)20/h4-8,11,18H,9-10,21H2,1-3H3,(H,22,27)/t18-/m0/s1. The van der Waals surface area contributed by atoms with Crippen LogP contribution in [-0.2, 0) is 17.9 Å². The lowest BCUT2D eigenvalue weighted by atomic mass is 10.1. The summed E-state index contributed by atoms with van der Waals surface area (Å²) in [6.45, 7) is 6.04. The molecular formula is C19H23ClN6O2. The van der Waals surface area contributed by atoms with Crippen molar-refractivity contribution in [2.75, 3.05) is 0 Å². The van der Waals surface area contributed by atoms with Gasteiger partial charge in [-0.1, -0.05) is 42.7 Å². The monoisotopic (exact) mass is 402 g/mol. The lowest BCUT2D eigenvalue weighted by Crippen LogP contribution is -2.30. The van der Waals surface area contributed by atoms with Gasteiger partial charge in [0.2, 0.25) is 5.91 Å². The van der Waals surface area contributed by atoms with Gasteiger partial charge in [0.1, 0.15) is 23.9 Å². The number of hydrogen-bond acceptors (Lipinski definition) is 6. The summed E-state index contributed by atoms with van der Waals surface area (Å²) in [5, 5.41) is 11.6. The molecule has 0 radical (unpaired) electrons. The second-order valence-corrected chi connectivity index (χ2v) is 7.29. The van der Waals surface area contributed by atoms with E-state index in [1.165, 1.54) is 0 Å². The predicted molar refractivity (Wildman–Crippen MR) is 105 cm³/mol. The van der Waals surface area contributed by atoms with E-state index in [-0.39, 0.29) is 31.0 Å². The third kappa shape index (κ3) is 4.58. The van der Waals surface area contributed by atoms with E-state index in [1.807, 2.05) is 32.0 Å². The van der Waals surface area contributed by atoms with Gasteiger partial charge in [-0.15, -0.1) is 0 Å². The Morgan fingerprint density at radius 3 is 2.82 bits per heavy atom. The van der Waals surface area contributed by atoms with Crippen LogP contribution in [0.5, 0.6) is 0 Å². The molecule has 9 heteroatoms.